The number of amides is 1. The van der Waals surface area contributed by atoms with Gasteiger partial charge in [0.2, 0.25) is 0 Å². The van der Waals surface area contributed by atoms with Gasteiger partial charge in [-0.2, -0.15) is 0 Å². The lowest BCUT2D eigenvalue weighted by Gasteiger charge is -2.22. The lowest BCUT2D eigenvalue weighted by molar-refractivity contribution is 0.0500. The van der Waals surface area contributed by atoms with E-state index in [1.165, 1.54) is 0 Å². The third kappa shape index (κ3) is 6.20. The third-order valence-electron chi connectivity index (χ3n) is 2.83. The maximum atomic E-state index is 13.1. The van der Waals surface area contributed by atoms with Gasteiger partial charge in [-0.1, -0.05) is 6.92 Å². The fourth-order valence-corrected chi connectivity index (χ4v) is 1.83. The molecule has 0 heterocycles. The van der Waals surface area contributed by atoms with Gasteiger partial charge in [-0.25, -0.2) is 13.6 Å². The minimum absolute atomic E-state index is 0.0538. The average molecular weight is 313 g/mol. The first-order valence-corrected chi connectivity index (χ1v) is 7.09. The zero-order chi connectivity index (χ0) is 16.9. The van der Waals surface area contributed by atoms with Crippen LogP contribution in [0.3, 0.4) is 0 Å². The predicted molar refractivity (Wildman–Crippen MR) is 78.8 cm³/mol. The van der Waals surface area contributed by atoms with Crippen LogP contribution < -0.4 is 5.32 Å². The molecule has 122 valence electrons. The Morgan fingerprint density at radius 2 is 1.73 bits per heavy atom. The molecule has 0 aromatic heterocycles. The molecule has 4 nitrogen and oxygen atoms in total. The SMILES string of the molecule is CCC(CC(=O)c1cc(F)cc(F)c1)NC(=O)OC(C)(C)C. The summed E-state index contributed by atoms with van der Waals surface area (Å²) in [4.78, 5) is 23.7. The molecule has 1 amide bonds. The number of hydrogen-bond donors (Lipinski definition) is 1. The zero-order valence-electron chi connectivity index (χ0n) is 13.2. The first-order chi connectivity index (χ1) is 10.1. The Morgan fingerprint density at radius 1 is 1.18 bits per heavy atom. The molecule has 0 aliphatic rings. The van der Waals surface area contributed by atoms with Crippen molar-refractivity contribution in [1.29, 1.82) is 0 Å². The van der Waals surface area contributed by atoms with Crippen LogP contribution in [0, 0.1) is 11.6 Å². The van der Waals surface area contributed by atoms with E-state index in [1.807, 2.05) is 0 Å². The van der Waals surface area contributed by atoms with Gasteiger partial charge in [0.1, 0.15) is 17.2 Å². The molecule has 0 saturated carbocycles. The molecular weight excluding hydrogens is 292 g/mol. The predicted octanol–water partition coefficient (Wildman–Crippen LogP) is 3.84. The van der Waals surface area contributed by atoms with Gasteiger partial charge in [0.05, 0.1) is 0 Å². The van der Waals surface area contributed by atoms with Gasteiger partial charge in [0.25, 0.3) is 0 Å². The van der Waals surface area contributed by atoms with Gasteiger partial charge in [-0.3, -0.25) is 4.79 Å². The summed E-state index contributed by atoms with van der Waals surface area (Å²) in [6.07, 6.45) is -0.195. The second-order valence-corrected chi connectivity index (χ2v) is 6.04. The van der Waals surface area contributed by atoms with Crippen molar-refractivity contribution < 1.29 is 23.1 Å². The van der Waals surface area contributed by atoms with Crippen LogP contribution in [0.2, 0.25) is 0 Å². The summed E-state index contributed by atoms with van der Waals surface area (Å²) in [5.74, 6) is -2.06. The lowest BCUT2D eigenvalue weighted by Crippen LogP contribution is -2.39. The van der Waals surface area contributed by atoms with E-state index < -0.39 is 35.2 Å². The van der Waals surface area contributed by atoms with Gasteiger partial charge in [0.15, 0.2) is 5.78 Å². The lowest BCUT2D eigenvalue weighted by atomic mass is 10.0. The summed E-state index contributed by atoms with van der Waals surface area (Å²) < 4.78 is 31.4. The summed E-state index contributed by atoms with van der Waals surface area (Å²) in [6, 6.07) is 2.19. The molecule has 1 rings (SSSR count). The number of Topliss-reactive ketones (excluding diaryl/α,β-unsaturated/α-hetero) is 1. The van der Waals surface area contributed by atoms with Crippen molar-refractivity contribution in [3.8, 4) is 0 Å². The number of carbonyl (C=O) groups is 2. The van der Waals surface area contributed by atoms with Gasteiger partial charge < -0.3 is 10.1 Å². The maximum absolute atomic E-state index is 13.1. The Hall–Kier alpha value is -1.98. The summed E-state index contributed by atoms with van der Waals surface area (Å²) >= 11 is 0. The molecular formula is C16H21F2NO3. The Bertz CT molecular complexity index is 533. The number of benzene rings is 1. The molecule has 0 saturated heterocycles. The van der Waals surface area contributed by atoms with Gasteiger partial charge in [0, 0.05) is 24.1 Å². The molecule has 0 aliphatic heterocycles. The normalized spacial score (nSPS) is 12.6. The van der Waals surface area contributed by atoms with E-state index in [0.29, 0.717) is 12.5 Å². The van der Waals surface area contributed by atoms with E-state index in [0.717, 1.165) is 12.1 Å². The second kappa shape index (κ2) is 7.33. The Balaban J connectivity index is 2.69. The molecule has 1 N–H and O–H groups in total. The number of rotatable bonds is 5. The minimum atomic E-state index is -0.809. The van der Waals surface area contributed by atoms with Gasteiger partial charge >= 0.3 is 6.09 Å². The molecule has 0 fully saturated rings. The highest BCUT2D eigenvalue weighted by molar-refractivity contribution is 5.96. The van der Waals surface area contributed by atoms with Crippen LogP contribution in [0.4, 0.5) is 13.6 Å². The molecule has 0 radical (unpaired) electrons. The zero-order valence-corrected chi connectivity index (χ0v) is 13.2. The van der Waals surface area contributed by atoms with Crippen molar-refractivity contribution in [2.75, 3.05) is 0 Å². The van der Waals surface area contributed by atoms with E-state index in [2.05, 4.69) is 5.32 Å². The standard InChI is InChI=1S/C16H21F2NO3/c1-5-13(19-15(21)22-16(2,3)4)9-14(20)10-6-11(17)8-12(18)7-10/h6-8,13H,5,9H2,1-4H3,(H,19,21). The smallest absolute Gasteiger partial charge is 0.407 e. The van der Waals surface area contributed by atoms with Crippen molar-refractivity contribution in [1.82, 2.24) is 5.32 Å². The highest BCUT2D eigenvalue weighted by Gasteiger charge is 2.21. The number of ketones is 1. The van der Waals surface area contributed by atoms with Crippen molar-refractivity contribution in [3.05, 3.63) is 35.4 Å². The van der Waals surface area contributed by atoms with Crippen LogP contribution in [0.5, 0.6) is 0 Å². The Labute approximate surface area is 128 Å². The number of nitrogens with one attached hydrogen (secondary N) is 1. The number of halogens is 2. The highest BCUT2D eigenvalue weighted by atomic mass is 19.1. The quantitative estimate of drug-likeness (QED) is 0.840. The van der Waals surface area contributed by atoms with Crippen LogP contribution in [-0.2, 0) is 4.74 Å². The van der Waals surface area contributed by atoms with Gasteiger partial charge in [-0.05, 0) is 39.3 Å². The molecule has 22 heavy (non-hydrogen) atoms. The van der Waals surface area contributed by atoms with E-state index in [4.69, 9.17) is 4.74 Å². The molecule has 6 heteroatoms. The fourth-order valence-electron chi connectivity index (χ4n) is 1.83. The molecule has 1 atom stereocenters. The Morgan fingerprint density at radius 3 is 2.18 bits per heavy atom. The summed E-state index contributed by atoms with van der Waals surface area (Å²) in [5, 5.41) is 2.58. The highest BCUT2D eigenvalue weighted by Crippen LogP contribution is 2.13. The largest absolute Gasteiger partial charge is 0.444 e. The number of carbonyl (C=O) groups excluding carboxylic acids is 2. The third-order valence-corrected chi connectivity index (χ3v) is 2.83. The van der Waals surface area contributed by atoms with Crippen LogP contribution in [-0.4, -0.2) is 23.5 Å². The number of ether oxygens (including phenoxy) is 1. The van der Waals surface area contributed by atoms with Crippen LogP contribution in [0.25, 0.3) is 0 Å². The minimum Gasteiger partial charge on any atom is -0.444 e. The topological polar surface area (TPSA) is 55.4 Å². The number of hydrogen-bond acceptors (Lipinski definition) is 3. The van der Waals surface area contributed by atoms with E-state index >= 15 is 0 Å². The Kier molecular flexibility index (Phi) is 6.02. The second-order valence-electron chi connectivity index (χ2n) is 6.04. The van der Waals surface area contributed by atoms with E-state index in [-0.39, 0.29) is 12.0 Å². The van der Waals surface area contributed by atoms with E-state index in [9.17, 15) is 18.4 Å². The monoisotopic (exact) mass is 313 g/mol. The van der Waals surface area contributed by atoms with Crippen LogP contribution in [0.15, 0.2) is 18.2 Å². The van der Waals surface area contributed by atoms with Crippen molar-refractivity contribution >= 4 is 11.9 Å². The maximum Gasteiger partial charge on any atom is 0.407 e. The fraction of sp³-hybridized carbons (Fsp3) is 0.500. The average Bonchev–Trinajstić information content (AvgIpc) is 2.34. The van der Waals surface area contributed by atoms with Gasteiger partial charge in [-0.15, -0.1) is 0 Å². The molecule has 0 aliphatic carbocycles. The number of alkyl carbamates (subject to hydrolysis) is 1. The summed E-state index contributed by atoms with van der Waals surface area (Å²) in [7, 11) is 0. The molecule has 0 bridgehead atoms. The molecule has 1 aromatic carbocycles. The summed E-state index contributed by atoms with van der Waals surface area (Å²) in [6.45, 7) is 6.98. The first kappa shape index (κ1) is 18.1. The van der Waals surface area contributed by atoms with Crippen molar-refractivity contribution in [3.63, 3.8) is 0 Å². The molecule has 1 unspecified atom stereocenters. The first-order valence-electron chi connectivity index (χ1n) is 7.09. The molecule has 0 spiro atoms. The van der Waals surface area contributed by atoms with Crippen LogP contribution in [0.1, 0.15) is 50.9 Å². The van der Waals surface area contributed by atoms with Crippen molar-refractivity contribution in [2.45, 2.75) is 52.2 Å². The van der Waals surface area contributed by atoms with Crippen molar-refractivity contribution in [2.24, 2.45) is 0 Å². The van der Waals surface area contributed by atoms with Crippen LogP contribution >= 0.6 is 0 Å². The summed E-state index contributed by atoms with van der Waals surface area (Å²) in [5.41, 5.74) is -0.695. The molecule has 1 aromatic rings. The van der Waals surface area contributed by atoms with E-state index in [1.54, 1.807) is 27.7 Å².